The molecule has 3 rings (SSSR count). The normalized spacial score (nSPS) is 39.2. The minimum Gasteiger partial charge on any atom is -0.378 e. The van der Waals surface area contributed by atoms with Gasteiger partial charge in [0, 0.05) is 31.0 Å². The molecule has 0 spiro atoms. The van der Waals surface area contributed by atoms with Gasteiger partial charge >= 0.3 is 0 Å². The zero-order valence-corrected chi connectivity index (χ0v) is 16.0. The van der Waals surface area contributed by atoms with E-state index in [1.165, 1.54) is 25.7 Å². The highest BCUT2D eigenvalue weighted by Crippen LogP contribution is 2.41. The SMILES string of the molecule is CC(C)C1OCCCC1CNC(=O)C1CC2CCCC(C1)C2N.Cl. The van der Waals surface area contributed by atoms with Crippen LogP contribution in [0.15, 0.2) is 0 Å². The van der Waals surface area contributed by atoms with Crippen molar-refractivity contribution in [2.75, 3.05) is 13.2 Å². The number of carbonyl (C=O) groups excluding carboxylic acids is 1. The summed E-state index contributed by atoms with van der Waals surface area (Å²) in [5, 5.41) is 3.25. The molecule has 0 aromatic carbocycles. The molecule has 1 amide bonds. The standard InChI is InChI=1S/C19H34N2O2.ClH/c1-12(2)18-15(7-4-8-23-18)11-21-19(22)16-9-13-5-3-6-14(10-16)17(13)20;/h12-18H,3-11,20H2,1-2H3,(H,21,22);1H. The molecule has 0 radical (unpaired) electrons. The van der Waals surface area contributed by atoms with Crippen molar-refractivity contribution in [2.24, 2.45) is 35.3 Å². The van der Waals surface area contributed by atoms with E-state index >= 15 is 0 Å². The Hall–Kier alpha value is -0.320. The van der Waals surface area contributed by atoms with Crippen molar-refractivity contribution in [1.82, 2.24) is 5.32 Å². The second kappa shape index (κ2) is 8.86. The smallest absolute Gasteiger partial charge is 0.223 e. The van der Waals surface area contributed by atoms with E-state index in [0.717, 1.165) is 32.4 Å². The lowest BCUT2D eigenvalue weighted by Gasteiger charge is -2.43. The Bertz CT molecular complexity index is 404. The molecule has 3 aliphatic rings. The number of ether oxygens (including phenoxy) is 1. The lowest BCUT2D eigenvalue weighted by molar-refractivity contribution is -0.128. The molecule has 0 aromatic heterocycles. The van der Waals surface area contributed by atoms with E-state index < -0.39 is 0 Å². The van der Waals surface area contributed by atoms with Crippen LogP contribution < -0.4 is 11.1 Å². The third-order valence-electron chi connectivity index (χ3n) is 6.47. The number of nitrogens with one attached hydrogen (secondary N) is 1. The fraction of sp³-hybridized carbons (Fsp3) is 0.947. The van der Waals surface area contributed by atoms with Crippen LogP contribution in [-0.2, 0) is 9.53 Å². The zero-order valence-electron chi connectivity index (χ0n) is 15.2. The number of nitrogens with two attached hydrogens (primary N) is 1. The fourth-order valence-electron chi connectivity index (χ4n) is 5.20. The monoisotopic (exact) mass is 358 g/mol. The molecule has 4 atom stereocenters. The van der Waals surface area contributed by atoms with Crippen LogP contribution in [0.5, 0.6) is 0 Å². The number of hydrogen-bond donors (Lipinski definition) is 2. The third-order valence-corrected chi connectivity index (χ3v) is 6.47. The maximum Gasteiger partial charge on any atom is 0.223 e. The first-order valence-electron chi connectivity index (χ1n) is 9.71. The van der Waals surface area contributed by atoms with Crippen molar-refractivity contribution in [3.05, 3.63) is 0 Å². The van der Waals surface area contributed by atoms with Gasteiger partial charge in [-0.2, -0.15) is 0 Å². The quantitative estimate of drug-likeness (QED) is 0.811. The van der Waals surface area contributed by atoms with E-state index in [1.807, 2.05) is 0 Å². The summed E-state index contributed by atoms with van der Waals surface area (Å²) in [6, 6.07) is 0.338. The minimum absolute atomic E-state index is 0. The van der Waals surface area contributed by atoms with Gasteiger partial charge in [-0.15, -0.1) is 12.4 Å². The van der Waals surface area contributed by atoms with E-state index in [1.54, 1.807) is 0 Å². The van der Waals surface area contributed by atoms with Crippen LogP contribution in [0.3, 0.4) is 0 Å². The summed E-state index contributed by atoms with van der Waals surface area (Å²) in [4.78, 5) is 12.7. The van der Waals surface area contributed by atoms with Gasteiger partial charge in [0.05, 0.1) is 6.10 Å². The Morgan fingerprint density at radius 3 is 2.46 bits per heavy atom. The molecule has 2 bridgehead atoms. The van der Waals surface area contributed by atoms with Crippen molar-refractivity contribution >= 4 is 18.3 Å². The van der Waals surface area contributed by atoms with Gasteiger partial charge in [-0.25, -0.2) is 0 Å². The topological polar surface area (TPSA) is 64.3 Å². The van der Waals surface area contributed by atoms with E-state index in [2.05, 4.69) is 19.2 Å². The molecule has 5 heteroatoms. The maximum absolute atomic E-state index is 12.7. The number of halogens is 1. The van der Waals surface area contributed by atoms with Crippen molar-refractivity contribution in [2.45, 2.75) is 70.9 Å². The first kappa shape index (κ1) is 20.0. The predicted octanol–water partition coefficient (Wildman–Crippen LogP) is 3.13. The maximum atomic E-state index is 12.7. The van der Waals surface area contributed by atoms with E-state index in [4.69, 9.17) is 10.5 Å². The van der Waals surface area contributed by atoms with Crippen molar-refractivity contribution < 1.29 is 9.53 Å². The molecule has 2 aliphatic carbocycles. The van der Waals surface area contributed by atoms with Crippen LogP contribution in [0, 0.1) is 29.6 Å². The summed E-state index contributed by atoms with van der Waals surface area (Å²) in [6.07, 6.45) is 8.31. The van der Waals surface area contributed by atoms with Crippen LogP contribution in [0.25, 0.3) is 0 Å². The Morgan fingerprint density at radius 2 is 1.83 bits per heavy atom. The Kier molecular flexibility index (Phi) is 7.39. The minimum atomic E-state index is 0. The van der Waals surface area contributed by atoms with E-state index in [9.17, 15) is 4.79 Å². The van der Waals surface area contributed by atoms with Gasteiger partial charge in [-0.3, -0.25) is 4.79 Å². The number of amides is 1. The first-order valence-corrected chi connectivity index (χ1v) is 9.71. The van der Waals surface area contributed by atoms with Gasteiger partial charge in [0.1, 0.15) is 0 Å². The molecule has 2 saturated carbocycles. The van der Waals surface area contributed by atoms with Gasteiger partial charge in [-0.1, -0.05) is 20.3 Å². The van der Waals surface area contributed by atoms with E-state index in [0.29, 0.717) is 35.8 Å². The van der Waals surface area contributed by atoms with Crippen molar-refractivity contribution in [3.63, 3.8) is 0 Å². The van der Waals surface area contributed by atoms with E-state index in [-0.39, 0.29) is 24.2 Å². The fourth-order valence-corrected chi connectivity index (χ4v) is 5.20. The Labute approximate surface area is 153 Å². The highest BCUT2D eigenvalue weighted by atomic mass is 35.5. The second-order valence-electron chi connectivity index (χ2n) is 8.42. The molecule has 4 nitrogen and oxygen atoms in total. The van der Waals surface area contributed by atoms with Gasteiger partial charge in [-0.05, 0) is 56.3 Å². The molecule has 3 N–H and O–H groups in total. The second-order valence-corrected chi connectivity index (χ2v) is 8.42. The van der Waals surface area contributed by atoms with Gasteiger partial charge in [0.15, 0.2) is 0 Å². The largest absolute Gasteiger partial charge is 0.378 e. The Morgan fingerprint density at radius 1 is 1.17 bits per heavy atom. The van der Waals surface area contributed by atoms with Crippen molar-refractivity contribution in [1.29, 1.82) is 0 Å². The molecular formula is C19H35ClN2O2. The van der Waals surface area contributed by atoms with Crippen LogP contribution in [0.1, 0.15) is 58.8 Å². The summed E-state index contributed by atoms with van der Waals surface area (Å²) in [5.74, 6) is 2.58. The molecule has 3 fully saturated rings. The molecule has 24 heavy (non-hydrogen) atoms. The van der Waals surface area contributed by atoms with Crippen LogP contribution in [0.2, 0.25) is 0 Å². The van der Waals surface area contributed by atoms with Crippen LogP contribution in [-0.4, -0.2) is 31.2 Å². The number of fused-ring (bicyclic) bond motifs is 2. The lowest BCUT2D eigenvalue weighted by atomic mass is 9.65. The highest BCUT2D eigenvalue weighted by molar-refractivity contribution is 5.85. The average Bonchev–Trinajstić information content (AvgIpc) is 2.52. The summed E-state index contributed by atoms with van der Waals surface area (Å²) in [7, 11) is 0. The molecule has 1 saturated heterocycles. The number of hydrogen-bond acceptors (Lipinski definition) is 3. The third kappa shape index (κ3) is 4.44. The molecule has 1 heterocycles. The number of rotatable bonds is 4. The summed E-state index contributed by atoms with van der Waals surface area (Å²) < 4.78 is 5.94. The first-order chi connectivity index (χ1) is 11.1. The summed E-state index contributed by atoms with van der Waals surface area (Å²) in [6.45, 7) is 6.08. The summed E-state index contributed by atoms with van der Waals surface area (Å²) >= 11 is 0. The van der Waals surface area contributed by atoms with Gasteiger partial charge in [0.25, 0.3) is 0 Å². The van der Waals surface area contributed by atoms with Crippen molar-refractivity contribution in [3.8, 4) is 0 Å². The van der Waals surface area contributed by atoms with Gasteiger partial charge in [0.2, 0.25) is 5.91 Å². The molecular weight excluding hydrogens is 324 g/mol. The summed E-state index contributed by atoms with van der Waals surface area (Å²) in [5.41, 5.74) is 6.34. The predicted molar refractivity (Wildman–Crippen MR) is 99.1 cm³/mol. The molecule has 0 aromatic rings. The highest BCUT2D eigenvalue weighted by Gasteiger charge is 2.40. The Balaban J connectivity index is 0.00000208. The lowest BCUT2D eigenvalue weighted by Crippen LogP contribution is -2.50. The molecule has 4 unspecified atom stereocenters. The average molecular weight is 359 g/mol. The van der Waals surface area contributed by atoms with Crippen LogP contribution >= 0.6 is 12.4 Å². The van der Waals surface area contributed by atoms with Crippen LogP contribution in [0.4, 0.5) is 0 Å². The zero-order chi connectivity index (χ0) is 16.4. The number of carbonyl (C=O) groups is 1. The van der Waals surface area contributed by atoms with Gasteiger partial charge < -0.3 is 15.8 Å². The molecule has 140 valence electrons. The molecule has 1 aliphatic heterocycles.